The summed E-state index contributed by atoms with van der Waals surface area (Å²) in [5.41, 5.74) is 2.05. The van der Waals surface area contributed by atoms with E-state index in [0.717, 1.165) is 12.8 Å². The quantitative estimate of drug-likeness (QED) is 0.745. The molecule has 0 aliphatic carbocycles. The van der Waals surface area contributed by atoms with E-state index in [2.05, 4.69) is 19.1 Å². The van der Waals surface area contributed by atoms with Crippen molar-refractivity contribution in [2.75, 3.05) is 6.61 Å². The van der Waals surface area contributed by atoms with Crippen LogP contribution in [0.2, 0.25) is 0 Å². The highest BCUT2D eigenvalue weighted by Gasteiger charge is 2.37. The number of rotatable bonds is 3. The molecule has 0 bridgehead atoms. The van der Waals surface area contributed by atoms with Gasteiger partial charge in [-0.1, -0.05) is 43.3 Å². The third-order valence-electron chi connectivity index (χ3n) is 3.39. The molecule has 2 heteroatoms. The van der Waals surface area contributed by atoms with Gasteiger partial charge in [0.25, 0.3) is 0 Å². The van der Waals surface area contributed by atoms with Crippen molar-refractivity contribution in [3.05, 3.63) is 41.5 Å². The van der Waals surface area contributed by atoms with Gasteiger partial charge in [-0.15, -0.1) is 0 Å². The molecule has 0 spiro atoms. The molecular formula is C15H18O2. The Bertz CT molecular complexity index is 448. The molecule has 1 aromatic rings. The first kappa shape index (κ1) is 11.9. The zero-order valence-corrected chi connectivity index (χ0v) is 10.4. The minimum atomic E-state index is -0.444. The first-order chi connectivity index (χ1) is 8.15. The van der Waals surface area contributed by atoms with Gasteiger partial charge in [0, 0.05) is 6.42 Å². The van der Waals surface area contributed by atoms with Gasteiger partial charge >= 0.3 is 5.97 Å². The fourth-order valence-corrected chi connectivity index (χ4v) is 2.07. The van der Waals surface area contributed by atoms with Crippen LogP contribution in [0.25, 0.3) is 6.08 Å². The lowest BCUT2D eigenvalue weighted by Crippen LogP contribution is -2.18. The van der Waals surface area contributed by atoms with E-state index in [1.807, 2.05) is 31.2 Å². The Morgan fingerprint density at radius 2 is 2.18 bits per heavy atom. The van der Waals surface area contributed by atoms with Gasteiger partial charge < -0.3 is 4.74 Å². The molecule has 1 fully saturated rings. The van der Waals surface area contributed by atoms with Crippen molar-refractivity contribution in [3.63, 3.8) is 0 Å². The molecule has 90 valence electrons. The Morgan fingerprint density at radius 3 is 2.82 bits per heavy atom. The van der Waals surface area contributed by atoms with Crippen molar-refractivity contribution in [2.24, 2.45) is 5.41 Å². The molecule has 0 unspecified atom stereocenters. The summed E-state index contributed by atoms with van der Waals surface area (Å²) in [5.74, 6) is -0.109. The fourth-order valence-electron chi connectivity index (χ4n) is 2.07. The Labute approximate surface area is 102 Å². The average molecular weight is 230 g/mol. The molecular weight excluding hydrogens is 212 g/mol. The summed E-state index contributed by atoms with van der Waals surface area (Å²) in [6.07, 6.45) is 5.81. The van der Waals surface area contributed by atoms with Crippen LogP contribution in [0, 0.1) is 5.41 Å². The van der Waals surface area contributed by atoms with Crippen molar-refractivity contribution in [1.29, 1.82) is 0 Å². The van der Waals surface area contributed by atoms with Crippen LogP contribution in [-0.4, -0.2) is 12.6 Å². The smallest absolute Gasteiger partial charge is 0.315 e. The molecule has 0 N–H and O–H groups in total. The maximum atomic E-state index is 11.6. The number of esters is 1. The van der Waals surface area contributed by atoms with Gasteiger partial charge in [-0.3, -0.25) is 4.79 Å². The van der Waals surface area contributed by atoms with Gasteiger partial charge in [0.2, 0.25) is 0 Å². The molecule has 1 atom stereocenters. The fraction of sp³-hybridized carbons (Fsp3) is 0.400. The Balaban J connectivity index is 2.23. The maximum Gasteiger partial charge on any atom is 0.315 e. The lowest BCUT2D eigenvalue weighted by molar-refractivity contribution is -0.143. The Kier molecular flexibility index (Phi) is 3.32. The van der Waals surface area contributed by atoms with Crippen LogP contribution in [0.1, 0.15) is 31.4 Å². The first-order valence-corrected chi connectivity index (χ1v) is 6.10. The number of ether oxygens (including phenoxy) is 1. The molecule has 0 amide bonds. The van der Waals surface area contributed by atoms with Crippen molar-refractivity contribution in [3.8, 4) is 0 Å². The second kappa shape index (κ2) is 4.74. The SMILES string of the molecule is CCc1ccccc1/C=C/[C@]1(C)CCOC1=O. The van der Waals surface area contributed by atoms with Gasteiger partial charge in [0.1, 0.15) is 0 Å². The Morgan fingerprint density at radius 1 is 1.41 bits per heavy atom. The predicted molar refractivity (Wildman–Crippen MR) is 68.5 cm³/mol. The van der Waals surface area contributed by atoms with Crippen LogP contribution in [-0.2, 0) is 16.0 Å². The standard InChI is InChI=1S/C15H18O2/c1-3-12-6-4-5-7-13(12)8-9-15(2)10-11-17-14(15)16/h4-9H,3,10-11H2,1-2H3/b9-8+/t15-/m1/s1. The largest absolute Gasteiger partial charge is 0.465 e. The molecule has 1 aliphatic heterocycles. The zero-order valence-electron chi connectivity index (χ0n) is 10.4. The minimum Gasteiger partial charge on any atom is -0.465 e. The molecule has 1 heterocycles. The summed E-state index contributed by atoms with van der Waals surface area (Å²) in [6, 6.07) is 8.27. The number of hydrogen-bond donors (Lipinski definition) is 0. The van der Waals surface area contributed by atoms with Crippen molar-refractivity contribution >= 4 is 12.0 Å². The van der Waals surface area contributed by atoms with Crippen molar-refractivity contribution < 1.29 is 9.53 Å². The summed E-state index contributed by atoms with van der Waals surface area (Å²) in [7, 11) is 0. The number of benzene rings is 1. The number of carbonyl (C=O) groups is 1. The van der Waals surface area contributed by atoms with E-state index in [0.29, 0.717) is 6.61 Å². The van der Waals surface area contributed by atoms with E-state index >= 15 is 0 Å². The van der Waals surface area contributed by atoms with Gasteiger partial charge in [-0.2, -0.15) is 0 Å². The van der Waals surface area contributed by atoms with E-state index in [9.17, 15) is 4.79 Å². The maximum absolute atomic E-state index is 11.6. The van der Waals surface area contributed by atoms with Crippen LogP contribution < -0.4 is 0 Å². The molecule has 17 heavy (non-hydrogen) atoms. The Hall–Kier alpha value is -1.57. The second-order valence-corrected chi connectivity index (χ2v) is 4.69. The third kappa shape index (κ3) is 2.41. The minimum absolute atomic E-state index is 0.109. The van der Waals surface area contributed by atoms with Crippen LogP contribution in [0.4, 0.5) is 0 Å². The van der Waals surface area contributed by atoms with Gasteiger partial charge in [0.15, 0.2) is 0 Å². The summed E-state index contributed by atoms with van der Waals surface area (Å²) in [5, 5.41) is 0. The molecule has 0 aromatic heterocycles. The summed E-state index contributed by atoms with van der Waals surface area (Å²) < 4.78 is 5.02. The van der Waals surface area contributed by atoms with Crippen LogP contribution >= 0.6 is 0 Å². The van der Waals surface area contributed by atoms with Gasteiger partial charge in [0.05, 0.1) is 12.0 Å². The molecule has 1 aliphatic rings. The van der Waals surface area contributed by atoms with Gasteiger partial charge in [-0.05, 0) is 24.5 Å². The molecule has 2 rings (SSSR count). The normalized spacial score (nSPS) is 24.2. The van der Waals surface area contributed by atoms with Crippen LogP contribution in [0.3, 0.4) is 0 Å². The number of carbonyl (C=O) groups excluding carboxylic acids is 1. The van der Waals surface area contributed by atoms with E-state index in [1.54, 1.807) is 0 Å². The lowest BCUT2D eigenvalue weighted by Gasteiger charge is -2.13. The topological polar surface area (TPSA) is 26.3 Å². The van der Waals surface area contributed by atoms with Crippen LogP contribution in [0.5, 0.6) is 0 Å². The van der Waals surface area contributed by atoms with E-state index in [1.165, 1.54) is 11.1 Å². The predicted octanol–water partition coefficient (Wildman–Crippen LogP) is 3.22. The highest BCUT2D eigenvalue weighted by molar-refractivity contribution is 5.81. The van der Waals surface area contributed by atoms with Crippen molar-refractivity contribution in [2.45, 2.75) is 26.7 Å². The van der Waals surface area contributed by atoms with E-state index < -0.39 is 5.41 Å². The molecule has 1 aromatic carbocycles. The molecule has 0 saturated carbocycles. The number of aryl methyl sites for hydroxylation is 1. The zero-order chi connectivity index (χ0) is 12.3. The monoisotopic (exact) mass is 230 g/mol. The second-order valence-electron chi connectivity index (χ2n) is 4.69. The first-order valence-electron chi connectivity index (χ1n) is 6.10. The van der Waals surface area contributed by atoms with Crippen molar-refractivity contribution in [1.82, 2.24) is 0 Å². The number of cyclic esters (lactones) is 1. The average Bonchev–Trinajstić information content (AvgIpc) is 2.68. The summed E-state index contributed by atoms with van der Waals surface area (Å²) in [6.45, 7) is 4.61. The van der Waals surface area contributed by atoms with Crippen LogP contribution in [0.15, 0.2) is 30.3 Å². The molecule has 0 radical (unpaired) electrons. The summed E-state index contributed by atoms with van der Waals surface area (Å²) in [4.78, 5) is 11.6. The highest BCUT2D eigenvalue weighted by Crippen LogP contribution is 2.31. The van der Waals surface area contributed by atoms with Gasteiger partial charge in [-0.25, -0.2) is 0 Å². The number of hydrogen-bond acceptors (Lipinski definition) is 2. The van der Waals surface area contributed by atoms with E-state index in [-0.39, 0.29) is 5.97 Å². The highest BCUT2D eigenvalue weighted by atomic mass is 16.5. The molecule has 1 saturated heterocycles. The summed E-state index contributed by atoms with van der Waals surface area (Å²) >= 11 is 0. The lowest BCUT2D eigenvalue weighted by atomic mass is 9.88. The third-order valence-corrected chi connectivity index (χ3v) is 3.39. The van der Waals surface area contributed by atoms with E-state index in [4.69, 9.17) is 4.74 Å². The molecule has 2 nitrogen and oxygen atoms in total.